The molecule has 3 aromatic rings. The van der Waals surface area contributed by atoms with Crippen LogP contribution in [0.3, 0.4) is 0 Å². The lowest BCUT2D eigenvalue weighted by Crippen LogP contribution is -2.54. The second-order valence-corrected chi connectivity index (χ2v) is 13.2. The molecule has 1 aliphatic rings. The molecule has 1 aliphatic carbocycles. The fraction of sp³-hybridized carbons (Fsp3) is 0.412. The van der Waals surface area contributed by atoms with Crippen LogP contribution in [0.25, 0.3) is 0 Å². The van der Waals surface area contributed by atoms with Crippen LogP contribution in [0.4, 0.5) is 5.69 Å². The largest absolute Gasteiger partial charge is 0.352 e. The van der Waals surface area contributed by atoms with Gasteiger partial charge in [0.05, 0.1) is 10.6 Å². The average Bonchev–Trinajstić information content (AvgIpc) is 3.01. The van der Waals surface area contributed by atoms with Crippen molar-refractivity contribution in [2.75, 3.05) is 10.8 Å². The molecule has 1 unspecified atom stereocenters. The van der Waals surface area contributed by atoms with E-state index < -0.39 is 28.5 Å². The van der Waals surface area contributed by atoms with Crippen LogP contribution < -0.4 is 9.62 Å². The third-order valence-corrected chi connectivity index (χ3v) is 9.78. The van der Waals surface area contributed by atoms with Crippen molar-refractivity contribution in [2.45, 2.75) is 88.7 Å². The van der Waals surface area contributed by atoms with E-state index in [0.717, 1.165) is 36.8 Å². The topological polar surface area (TPSA) is 86.8 Å². The van der Waals surface area contributed by atoms with Crippen LogP contribution in [0.15, 0.2) is 89.8 Å². The van der Waals surface area contributed by atoms with Crippen molar-refractivity contribution in [3.05, 3.63) is 96.1 Å². The molecule has 0 bridgehead atoms. The van der Waals surface area contributed by atoms with Crippen molar-refractivity contribution < 1.29 is 18.0 Å². The minimum Gasteiger partial charge on any atom is -0.352 e. The first-order valence-electron chi connectivity index (χ1n) is 15.0. The highest BCUT2D eigenvalue weighted by atomic mass is 32.2. The van der Waals surface area contributed by atoms with Gasteiger partial charge in [0.1, 0.15) is 12.6 Å². The van der Waals surface area contributed by atoms with E-state index >= 15 is 0 Å². The molecule has 1 atom stereocenters. The molecule has 0 radical (unpaired) electrons. The Bertz CT molecular complexity index is 1400. The van der Waals surface area contributed by atoms with Gasteiger partial charge in [-0.25, -0.2) is 8.42 Å². The number of nitrogens with zero attached hydrogens (tertiary/aromatic N) is 2. The number of benzene rings is 3. The third kappa shape index (κ3) is 7.79. The van der Waals surface area contributed by atoms with E-state index in [0.29, 0.717) is 12.1 Å². The Hall–Kier alpha value is -3.65. The number of hydrogen-bond donors (Lipinski definition) is 1. The van der Waals surface area contributed by atoms with Crippen LogP contribution in [-0.4, -0.2) is 43.8 Å². The number of hydrogen-bond acceptors (Lipinski definition) is 4. The van der Waals surface area contributed by atoms with Gasteiger partial charge in [0, 0.05) is 12.6 Å². The molecule has 0 aromatic heterocycles. The molecular weight excluding hydrogens is 546 g/mol. The Labute approximate surface area is 251 Å². The molecule has 1 fully saturated rings. The van der Waals surface area contributed by atoms with Crippen molar-refractivity contribution in [3.8, 4) is 0 Å². The van der Waals surface area contributed by atoms with Gasteiger partial charge in [-0.15, -0.1) is 0 Å². The summed E-state index contributed by atoms with van der Waals surface area (Å²) in [4.78, 5) is 29.5. The summed E-state index contributed by atoms with van der Waals surface area (Å²) in [5, 5.41) is 3.18. The lowest BCUT2D eigenvalue weighted by atomic mass is 9.95. The lowest BCUT2D eigenvalue weighted by molar-refractivity contribution is -0.140. The van der Waals surface area contributed by atoms with E-state index in [4.69, 9.17) is 0 Å². The number of anilines is 1. The maximum Gasteiger partial charge on any atom is 0.264 e. The fourth-order valence-corrected chi connectivity index (χ4v) is 6.95. The minimum atomic E-state index is -4.08. The number of carbonyl (C=O) groups excluding carboxylic acids is 2. The quantitative estimate of drug-likeness (QED) is 0.270. The first-order valence-corrected chi connectivity index (χ1v) is 16.5. The monoisotopic (exact) mass is 589 g/mol. The highest BCUT2D eigenvalue weighted by Gasteiger charge is 2.34. The van der Waals surface area contributed by atoms with Gasteiger partial charge in [0.25, 0.3) is 10.0 Å². The van der Waals surface area contributed by atoms with Crippen molar-refractivity contribution >= 4 is 27.5 Å². The molecule has 7 nitrogen and oxygen atoms in total. The molecule has 8 heteroatoms. The number of carbonyl (C=O) groups is 2. The first kappa shape index (κ1) is 31.3. The van der Waals surface area contributed by atoms with Crippen molar-refractivity contribution in [2.24, 2.45) is 0 Å². The highest BCUT2D eigenvalue weighted by molar-refractivity contribution is 7.92. The average molecular weight is 590 g/mol. The van der Waals surface area contributed by atoms with Crippen LogP contribution in [0.5, 0.6) is 0 Å². The van der Waals surface area contributed by atoms with Gasteiger partial charge in [-0.1, -0.05) is 101 Å². The first-order chi connectivity index (χ1) is 20.2. The second-order valence-electron chi connectivity index (χ2n) is 11.3. The van der Waals surface area contributed by atoms with Gasteiger partial charge in [0.15, 0.2) is 0 Å². The van der Waals surface area contributed by atoms with Crippen LogP contribution in [0.2, 0.25) is 0 Å². The fourth-order valence-electron chi connectivity index (χ4n) is 5.52. The normalized spacial score (nSPS) is 14.8. The molecule has 3 aromatic carbocycles. The van der Waals surface area contributed by atoms with E-state index in [9.17, 15) is 18.0 Å². The van der Waals surface area contributed by atoms with Crippen LogP contribution >= 0.6 is 0 Å². The van der Waals surface area contributed by atoms with Crippen molar-refractivity contribution in [1.82, 2.24) is 10.2 Å². The van der Waals surface area contributed by atoms with Gasteiger partial charge in [0.2, 0.25) is 11.8 Å². The zero-order valence-electron chi connectivity index (χ0n) is 24.9. The SMILES string of the molecule is CCC(C(=O)NC1CCCCC1)N(Cc1ccccc1)C(=O)CN(c1ccc(C(C)C)cc1)S(=O)(=O)c1ccccc1. The predicted octanol–water partition coefficient (Wildman–Crippen LogP) is 6.26. The Balaban J connectivity index is 1.69. The molecule has 1 saturated carbocycles. The molecule has 42 heavy (non-hydrogen) atoms. The lowest BCUT2D eigenvalue weighted by Gasteiger charge is -2.34. The summed E-state index contributed by atoms with van der Waals surface area (Å²) in [6.45, 7) is 5.79. The van der Waals surface area contributed by atoms with E-state index in [1.807, 2.05) is 49.4 Å². The van der Waals surface area contributed by atoms with Crippen molar-refractivity contribution in [3.63, 3.8) is 0 Å². The van der Waals surface area contributed by atoms with Gasteiger partial charge in [-0.2, -0.15) is 0 Å². The predicted molar refractivity (Wildman–Crippen MR) is 168 cm³/mol. The molecule has 224 valence electrons. The molecule has 1 N–H and O–H groups in total. The maximum absolute atomic E-state index is 14.2. The summed E-state index contributed by atoms with van der Waals surface area (Å²) in [7, 11) is -4.08. The molecular formula is C34H43N3O4S. The maximum atomic E-state index is 14.2. The van der Waals surface area contributed by atoms with Gasteiger partial charge in [-0.3, -0.25) is 13.9 Å². The van der Waals surface area contributed by atoms with E-state index in [2.05, 4.69) is 19.2 Å². The molecule has 0 spiro atoms. The van der Waals surface area contributed by atoms with Gasteiger partial charge >= 0.3 is 0 Å². The Morgan fingerprint density at radius 3 is 2.02 bits per heavy atom. The zero-order valence-corrected chi connectivity index (χ0v) is 25.7. The van der Waals surface area contributed by atoms with Crippen molar-refractivity contribution in [1.29, 1.82) is 0 Å². The summed E-state index contributed by atoms with van der Waals surface area (Å²) in [6.07, 6.45) is 5.61. The summed E-state index contributed by atoms with van der Waals surface area (Å²) in [5.41, 5.74) is 2.34. The van der Waals surface area contributed by atoms with E-state index in [1.54, 1.807) is 35.2 Å². The van der Waals surface area contributed by atoms with Crippen LogP contribution in [0.1, 0.15) is 76.3 Å². The smallest absolute Gasteiger partial charge is 0.264 e. The van der Waals surface area contributed by atoms with Gasteiger partial charge in [-0.05, 0) is 60.6 Å². The zero-order chi connectivity index (χ0) is 30.1. The third-order valence-electron chi connectivity index (χ3n) is 7.99. The molecule has 0 aliphatic heterocycles. The van der Waals surface area contributed by atoms with Gasteiger partial charge < -0.3 is 10.2 Å². The standard InChI is InChI=1S/C34H43N3O4S/c1-4-32(34(39)35-29-16-10-6-11-17-29)36(24-27-14-8-5-9-15-27)33(38)25-37(30-22-20-28(21-23-30)26(2)3)42(40,41)31-18-12-7-13-19-31/h5,7-9,12-15,18-23,26,29,32H,4,6,10-11,16-17,24-25H2,1-3H3,(H,35,39). The Morgan fingerprint density at radius 2 is 1.45 bits per heavy atom. The number of rotatable bonds is 12. The molecule has 0 heterocycles. The summed E-state index contributed by atoms with van der Waals surface area (Å²) in [6, 6.07) is 24.3. The molecule has 0 saturated heterocycles. The number of nitrogens with one attached hydrogen (secondary N) is 1. The summed E-state index contributed by atoms with van der Waals surface area (Å²) < 4.78 is 29.1. The highest BCUT2D eigenvalue weighted by Crippen LogP contribution is 2.27. The number of amides is 2. The Morgan fingerprint density at radius 1 is 0.857 bits per heavy atom. The second kappa shape index (κ2) is 14.5. The van der Waals surface area contributed by atoms with E-state index in [1.165, 1.54) is 22.9 Å². The van der Waals surface area contributed by atoms with Crippen LogP contribution in [0, 0.1) is 0 Å². The van der Waals surface area contributed by atoms with E-state index in [-0.39, 0.29) is 29.3 Å². The Kier molecular flexibility index (Phi) is 10.8. The molecule has 4 rings (SSSR count). The van der Waals surface area contributed by atoms with Crippen LogP contribution in [-0.2, 0) is 26.2 Å². The minimum absolute atomic E-state index is 0.0995. The summed E-state index contributed by atoms with van der Waals surface area (Å²) in [5.74, 6) is -0.349. The molecule has 2 amide bonds. The number of sulfonamides is 1. The summed E-state index contributed by atoms with van der Waals surface area (Å²) >= 11 is 0.